The largest absolute Gasteiger partial charge is 0.301 e. The Labute approximate surface area is 96.2 Å². The highest BCUT2D eigenvalue weighted by molar-refractivity contribution is 4.71. The fourth-order valence-electron chi connectivity index (χ4n) is 2.45. The van der Waals surface area contributed by atoms with E-state index in [2.05, 4.69) is 25.7 Å². The monoisotopic (exact) mass is 211 g/mol. The van der Waals surface area contributed by atoms with Crippen molar-refractivity contribution in [2.24, 2.45) is 5.92 Å². The summed E-state index contributed by atoms with van der Waals surface area (Å²) in [5, 5.41) is 0. The van der Waals surface area contributed by atoms with Crippen molar-refractivity contribution in [2.75, 3.05) is 13.1 Å². The second-order valence-corrected chi connectivity index (χ2v) is 5.39. The number of nitrogens with zero attached hydrogens (tertiary/aromatic N) is 1. The molecule has 1 aliphatic heterocycles. The quantitative estimate of drug-likeness (QED) is 0.662. The molecule has 1 nitrogen and oxygen atoms in total. The van der Waals surface area contributed by atoms with Crippen molar-refractivity contribution < 1.29 is 0 Å². The summed E-state index contributed by atoms with van der Waals surface area (Å²) in [7, 11) is 0. The van der Waals surface area contributed by atoms with Gasteiger partial charge >= 0.3 is 0 Å². The van der Waals surface area contributed by atoms with Gasteiger partial charge in [-0.3, -0.25) is 0 Å². The molecule has 2 atom stereocenters. The van der Waals surface area contributed by atoms with Crippen LogP contribution in [0, 0.1) is 5.92 Å². The van der Waals surface area contributed by atoms with Gasteiger partial charge in [0.2, 0.25) is 0 Å². The first kappa shape index (κ1) is 13.0. The molecule has 0 saturated carbocycles. The van der Waals surface area contributed by atoms with Crippen LogP contribution >= 0.6 is 0 Å². The minimum atomic E-state index is 0.817. The first-order chi connectivity index (χ1) is 7.24. The van der Waals surface area contributed by atoms with Crippen LogP contribution in [0.25, 0.3) is 0 Å². The molecule has 0 aromatic rings. The van der Waals surface area contributed by atoms with E-state index in [-0.39, 0.29) is 0 Å². The van der Waals surface area contributed by atoms with Crippen molar-refractivity contribution in [2.45, 2.75) is 71.8 Å². The highest BCUT2D eigenvalue weighted by Gasteiger charge is 2.15. The van der Waals surface area contributed by atoms with Gasteiger partial charge in [0.1, 0.15) is 0 Å². The first-order valence-corrected chi connectivity index (χ1v) is 6.98. The Kier molecular flexibility index (Phi) is 6.31. The van der Waals surface area contributed by atoms with E-state index < -0.39 is 0 Å². The van der Waals surface area contributed by atoms with Crippen LogP contribution in [-0.2, 0) is 0 Å². The maximum Gasteiger partial charge on any atom is 0.00670 e. The van der Waals surface area contributed by atoms with Gasteiger partial charge in [0.25, 0.3) is 0 Å². The molecule has 0 spiro atoms. The number of hydrogen-bond donors (Lipinski definition) is 0. The molecule has 1 fully saturated rings. The SMILES string of the molecule is CCC(C)CCC(C)N1CCCCCC1. The molecule has 0 aromatic carbocycles. The summed E-state index contributed by atoms with van der Waals surface area (Å²) in [5.74, 6) is 0.916. The highest BCUT2D eigenvalue weighted by atomic mass is 15.1. The molecule has 0 aromatic heterocycles. The normalized spacial score (nSPS) is 23.4. The zero-order valence-corrected chi connectivity index (χ0v) is 11.0. The van der Waals surface area contributed by atoms with E-state index in [9.17, 15) is 0 Å². The van der Waals surface area contributed by atoms with Gasteiger partial charge in [-0.25, -0.2) is 0 Å². The van der Waals surface area contributed by atoms with Gasteiger partial charge in [0, 0.05) is 6.04 Å². The van der Waals surface area contributed by atoms with Crippen molar-refractivity contribution in [3.05, 3.63) is 0 Å². The summed E-state index contributed by atoms with van der Waals surface area (Å²) >= 11 is 0. The predicted molar refractivity (Wildman–Crippen MR) is 68.2 cm³/mol. The zero-order valence-electron chi connectivity index (χ0n) is 11.0. The molecule has 0 N–H and O–H groups in total. The molecule has 0 aliphatic carbocycles. The Balaban J connectivity index is 2.22. The van der Waals surface area contributed by atoms with Crippen molar-refractivity contribution in [1.29, 1.82) is 0 Å². The smallest absolute Gasteiger partial charge is 0.00670 e. The van der Waals surface area contributed by atoms with E-state index >= 15 is 0 Å². The molecule has 0 radical (unpaired) electrons. The van der Waals surface area contributed by atoms with Gasteiger partial charge in [-0.1, -0.05) is 33.1 Å². The standard InChI is InChI=1S/C14H29N/c1-4-13(2)9-10-14(3)15-11-7-5-6-8-12-15/h13-14H,4-12H2,1-3H3. The lowest BCUT2D eigenvalue weighted by Crippen LogP contribution is -2.34. The number of hydrogen-bond acceptors (Lipinski definition) is 1. The Morgan fingerprint density at radius 2 is 1.53 bits per heavy atom. The zero-order chi connectivity index (χ0) is 11.1. The fraction of sp³-hybridized carbons (Fsp3) is 1.00. The maximum atomic E-state index is 2.72. The van der Waals surface area contributed by atoms with Crippen LogP contribution in [0.15, 0.2) is 0 Å². The molecule has 2 unspecified atom stereocenters. The fourth-order valence-corrected chi connectivity index (χ4v) is 2.45. The van der Waals surface area contributed by atoms with Crippen LogP contribution in [0.4, 0.5) is 0 Å². The first-order valence-electron chi connectivity index (χ1n) is 6.98. The third-order valence-corrected chi connectivity index (χ3v) is 4.04. The highest BCUT2D eigenvalue weighted by Crippen LogP contribution is 2.18. The lowest BCUT2D eigenvalue weighted by atomic mass is 9.99. The minimum absolute atomic E-state index is 0.817. The van der Waals surface area contributed by atoms with Crippen molar-refractivity contribution >= 4 is 0 Å². The molecular weight excluding hydrogens is 182 g/mol. The van der Waals surface area contributed by atoms with E-state index in [0.29, 0.717) is 0 Å². The van der Waals surface area contributed by atoms with Crippen LogP contribution in [-0.4, -0.2) is 24.0 Å². The third-order valence-electron chi connectivity index (χ3n) is 4.04. The summed E-state index contributed by atoms with van der Waals surface area (Å²) in [5.41, 5.74) is 0. The summed E-state index contributed by atoms with van der Waals surface area (Å²) in [6.07, 6.45) is 9.90. The Hall–Kier alpha value is -0.0400. The van der Waals surface area contributed by atoms with Gasteiger partial charge in [-0.15, -0.1) is 0 Å². The molecule has 15 heavy (non-hydrogen) atoms. The van der Waals surface area contributed by atoms with E-state index in [1.165, 1.54) is 58.0 Å². The van der Waals surface area contributed by atoms with Crippen LogP contribution in [0.3, 0.4) is 0 Å². The van der Waals surface area contributed by atoms with E-state index in [0.717, 1.165) is 12.0 Å². The second-order valence-electron chi connectivity index (χ2n) is 5.39. The van der Waals surface area contributed by atoms with Crippen LogP contribution in [0.1, 0.15) is 65.7 Å². The predicted octanol–water partition coefficient (Wildman–Crippen LogP) is 4.08. The van der Waals surface area contributed by atoms with Gasteiger partial charge in [-0.05, 0) is 51.6 Å². The second kappa shape index (κ2) is 7.27. The summed E-state index contributed by atoms with van der Waals surface area (Å²) in [4.78, 5) is 2.72. The molecule has 1 rings (SSSR count). The van der Waals surface area contributed by atoms with Crippen molar-refractivity contribution in [3.63, 3.8) is 0 Å². The molecule has 1 saturated heterocycles. The molecule has 90 valence electrons. The summed E-state index contributed by atoms with van der Waals surface area (Å²) < 4.78 is 0. The average molecular weight is 211 g/mol. The average Bonchev–Trinajstić information content (AvgIpc) is 2.53. The maximum absolute atomic E-state index is 2.72. The molecule has 1 aliphatic rings. The van der Waals surface area contributed by atoms with Crippen LogP contribution in [0.2, 0.25) is 0 Å². The van der Waals surface area contributed by atoms with Crippen molar-refractivity contribution in [3.8, 4) is 0 Å². The Bertz CT molecular complexity index is 147. The molecule has 0 amide bonds. The minimum Gasteiger partial charge on any atom is -0.301 e. The summed E-state index contributed by atoms with van der Waals surface area (Å²) in [6.45, 7) is 9.81. The topological polar surface area (TPSA) is 3.24 Å². The van der Waals surface area contributed by atoms with Crippen LogP contribution in [0.5, 0.6) is 0 Å². The van der Waals surface area contributed by atoms with E-state index in [1.54, 1.807) is 0 Å². The molecule has 1 heteroatoms. The van der Waals surface area contributed by atoms with E-state index in [1.807, 2.05) is 0 Å². The van der Waals surface area contributed by atoms with Gasteiger partial charge < -0.3 is 4.90 Å². The molecular formula is C14H29N. The lowest BCUT2D eigenvalue weighted by molar-refractivity contribution is 0.198. The Morgan fingerprint density at radius 1 is 0.933 bits per heavy atom. The summed E-state index contributed by atoms with van der Waals surface area (Å²) in [6, 6.07) is 0.817. The van der Waals surface area contributed by atoms with Gasteiger partial charge in [0.05, 0.1) is 0 Å². The van der Waals surface area contributed by atoms with Crippen LogP contribution < -0.4 is 0 Å². The van der Waals surface area contributed by atoms with Gasteiger partial charge in [-0.2, -0.15) is 0 Å². The third kappa shape index (κ3) is 5.01. The molecule has 0 bridgehead atoms. The Morgan fingerprint density at radius 3 is 2.07 bits per heavy atom. The van der Waals surface area contributed by atoms with E-state index in [4.69, 9.17) is 0 Å². The van der Waals surface area contributed by atoms with Crippen molar-refractivity contribution in [1.82, 2.24) is 4.90 Å². The lowest BCUT2D eigenvalue weighted by Gasteiger charge is -2.28. The number of rotatable bonds is 5. The van der Waals surface area contributed by atoms with Gasteiger partial charge in [0.15, 0.2) is 0 Å². The molecule has 1 heterocycles. The number of likely N-dealkylation sites (tertiary alicyclic amines) is 1.